The van der Waals surface area contributed by atoms with Crippen LogP contribution in [0.4, 0.5) is 0 Å². The molecule has 0 unspecified atom stereocenters. The van der Waals surface area contributed by atoms with E-state index in [1.165, 1.54) is 28.3 Å². The number of amides is 2. The predicted molar refractivity (Wildman–Crippen MR) is 48.8 cm³/mol. The molecule has 0 rings (SSSR count). The maximum absolute atomic E-state index is 11.2. The molecule has 0 saturated heterocycles. The zero-order chi connectivity index (χ0) is 11.1. The van der Waals surface area contributed by atoms with E-state index in [4.69, 9.17) is 0 Å². The smallest absolute Gasteiger partial charge is 0.246 e. The first-order valence-electron chi connectivity index (χ1n) is 4.14. The number of hydrogen-bond acceptors (Lipinski definition) is 4. The number of carbonyl (C=O) groups is 2. The fourth-order valence-electron chi connectivity index (χ4n) is 0.732. The maximum Gasteiger partial charge on any atom is 0.246 e. The number of hydroxylamine groups is 4. The van der Waals surface area contributed by atoms with Crippen molar-refractivity contribution in [1.29, 1.82) is 0 Å². The van der Waals surface area contributed by atoms with Gasteiger partial charge in [0.25, 0.3) is 0 Å². The molecule has 0 heterocycles. The van der Waals surface area contributed by atoms with E-state index in [9.17, 15) is 9.59 Å². The summed E-state index contributed by atoms with van der Waals surface area (Å²) >= 11 is 0. The number of nitrogens with zero attached hydrogens (tertiary/aromatic N) is 2. The molecule has 0 aliphatic heterocycles. The molecule has 0 fully saturated rings. The Kier molecular flexibility index (Phi) is 5.82. The van der Waals surface area contributed by atoms with Gasteiger partial charge in [-0.15, -0.1) is 0 Å². The number of rotatable bonds is 5. The Balaban J connectivity index is 3.83. The fourth-order valence-corrected chi connectivity index (χ4v) is 0.732. The molecule has 0 bridgehead atoms. The summed E-state index contributed by atoms with van der Waals surface area (Å²) in [6, 6.07) is 0. The van der Waals surface area contributed by atoms with E-state index in [1.54, 1.807) is 0 Å². The van der Waals surface area contributed by atoms with Crippen molar-refractivity contribution >= 4 is 11.8 Å². The van der Waals surface area contributed by atoms with Crippen molar-refractivity contribution < 1.29 is 19.3 Å². The first-order valence-corrected chi connectivity index (χ1v) is 4.14. The first-order chi connectivity index (χ1) is 6.52. The summed E-state index contributed by atoms with van der Waals surface area (Å²) < 4.78 is 0. The molecule has 82 valence electrons. The lowest BCUT2D eigenvalue weighted by molar-refractivity contribution is -0.174. The van der Waals surface area contributed by atoms with Gasteiger partial charge in [-0.1, -0.05) is 0 Å². The summed E-state index contributed by atoms with van der Waals surface area (Å²) in [6.45, 7) is 0. The van der Waals surface area contributed by atoms with Gasteiger partial charge in [-0.3, -0.25) is 19.3 Å². The highest BCUT2D eigenvalue weighted by atomic mass is 16.7. The van der Waals surface area contributed by atoms with E-state index in [0.717, 1.165) is 10.1 Å². The number of carbonyl (C=O) groups excluding carboxylic acids is 2. The van der Waals surface area contributed by atoms with Gasteiger partial charge in [0.2, 0.25) is 11.8 Å². The monoisotopic (exact) mass is 208 g/mol. The molecule has 0 aliphatic rings. The lowest BCUT2D eigenvalue weighted by atomic mass is 11.1. The average Bonchev–Trinajstić information content (AvgIpc) is 2.22. The van der Waals surface area contributed by atoms with E-state index >= 15 is 0 Å². The zero-order valence-corrected chi connectivity index (χ0v) is 8.94. The molecule has 14 heavy (non-hydrogen) atoms. The van der Waals surface area contributed by atoms with Crippen LogP contribution in [0.2, 0.25) is 0 Å². The lowest BCUT2D eigenvalue weighted by Gasteiger charge is -2.15. The van der Waals surface area contributed by atoms with Gasteiger partial charge in [-0.25, -0.2) is 10.1 Å². The second kappa shape index (κ2) is 6.33. The van der Waals surface area contributed by atoms with Crippen molar-refractivity contribution in [3.8, 4) is 0 Å². The van der Waals surface area contributed by atoms with E-state index in [1.807, 2.05) is 0 Å². The minimum Gasteiger partial charge on any atom is -0.275 e. The standard InChI is InChI=1S/C8H16N2O4/c1-9(13-3)7(11)5-6-8(12)10(2)14-4/h5-6H2,1-4H3/i5+1,6+1,7+1,8+1. The van der Waals surface area contributed by atoms with Gasteiger partial charge in [-0.05, 0) is 0 Å². The van der Waals surface area contributed by atoms with Gasteiger partial charge < -0.3 is 0 Å². The van der Waals surface area contributed by atoms with Crippen molar-refractivity contribution in [2.75, 3.05) is 28.3 Å². The van der Waals surface area contributed by atoms with Crippen LogP contribution in [-0.2, 0) is 19.3 Å². The van der Waals surface area contributed by atoms with Crippen LogP contribution in [0.3, 0.4) is 0 Å². The summed E-state index contributed by atoms with van der Waals surface area (Å²) in [6.07, 6.45) is 0.216. The molecule has 0 aromatic rings. The summed E-state index contributed by atoms with van der Waals surface area (Å²) in [4.78, 5) is 31.7. The highest BCUT2D eigenvalue weighted by Gasteiger charge is 2.13. The molecule has 0 aliphatic carbocycles. The predicted octanol–water partition coefficient (Wildman–Crippen LogP) is -0.194. The topological polar surface area (TPSA) is 59.1 Å². The molecule has 0 N–H and O–H groups in total. The van der Waals surface area contributed by atoms with Gasteiger partial charge in [0.05, 0.1) is 14.2 Å². The van der Waals surface area contributed by atoms with Crippen molar-refractivity contribution in [3.63, 3.8) is 0 Å². The summed E-state index contributed by atoms with van der Waals surface area (Å²) in [5.74, 6) is -0.490. The second-order valence-electron chi connectivity index (χ2n) is 2.65. The Morgan fingerprint density at radius 2 is 1.21 bits per heavy atom. The zero-order valence-electron chi connectivity index (χ0n) is 8.94. The van der Waals surface area contributed by atoms with Crippen molar-refractivity contribution in [2.45, 2.75) is 12.8 Å². The van der Waals surface area contributed by atoms with Crippen LogP contribution >= 0.6 is 0 Å². The molecule has 0 spiro atoms. The van der Waals surface area contributed by atoms with Crippen LogP contribution in [0.15, 0.2) is 0 Å². The SMILES string of the molecule is CON(C)[13C](=O)[13CH2][13CH2][13C](=O)N(C)OC. The fraction of sp³-hybridized carbons (Fsp3) is 0.750. The van der Waals surface area contributed by atoms with Gasteiger partial charge in [-0.2, -0.15) is 0 Å². The van der Waals surface area contributed by atoms with Crippen LogP contribution in [0.25, 0.3) is 0 Å². The third-order valence-corrected chi connectivity index (χ3v) is 1.80. The molecule has 0 aromatic heterocycles. The third kappa shape index (κ3) is 4.20. The average molecular weight is 208 g/mol. The Morgan fingerprint density at radius 3 is 1.43 bits per heavy atom. The van der Waals surface area contributed by atoms with Gasteiger partial charge in [0, 0.05) is 26.9 Å². The van der Waals surface area contributed by atoms with Gasteiger partial charge in [0.15, 0.2) is 0 Å². The van der Waals surface area contributed by atoms with E-state index < -0.39 is 0 Å². The quantitative estimate of drug-likeness (QED) is 0.464. The van der Waals surface area contributed by atoms with Crippen molar-refractivity contribution in [1.82, 2.24) is 10.1 Å². The van der Waals surface area contributed by atoms with Crippen LogP contribution in [-0.4, -0.2) is 50.3 Å². The molecule has 6 heteroatoms. The molecular formula is C8H16N2O4. The third-order valence-electron chi connectivity index (χ3n) is 1.80. The molecule has 0 saturated carbocycles. The Labute approximate surface area is 83.3 Å². The molecule has 2 amide bonds. The molecule has 0 atom stereocenters. The minimum atomic E-state index is -0.245. The highest BCUT2D eigenvalue weighted by Crippen LogP contribution is 1.99. The Bertz CT molecular complexity index is 186. The van der Waals surface area contributed by atoms with Crippen molar-refractivity contribution in [3.05, 3.63) is 0 Å². The van der Waals surface area contributed by atoms with Crippen LogP contribution in [0.5, 0.6) is 0 Å². The lowest BCUT2D eigenvalue weighted by Crippen LogP contribution is -2.29. The minimum absolute atomic E-state index is 0.108. The van der Waals surface area contributed by atoms with Gasteiger partial charge in [0.1, 0.15) is 0 Å². The summed E-state index contributed by atoms with van der Waals surface area (Å²) in [5, 5.41) is 2.17. The largest absolute Gasteiger partial charge is 0.275 e. The van der Waals surface area contributed by atoms with Crippen LogP contribution < -0.4 is 0 Å². The number of hydrogen-bond donors (Lipinski definition) is 0. The van der Waals surface area contributed by atoms with Crippen LogP contribution in [0.1, 0.15) is 12.8 Å². The first kappa shape index (κ1) is 12.9. The van der Waals surface area contributed by atoms with Crippen LogP contribution in [0, 0.1) is 0 Å². The highest BCUT2D eigenvalue weighted by molar-refractivity contribution is 5.82. The normalized spacial score (nSPS) is 9.71. The molecule has 0 radical (unpaired) electrons. The van der Waals surface area contributed by atoms with E-state index in [2.05, 4.69) is 9.68 Å². The molecule has 6 nitrogen and oxygen atoms in total. The van der Waals surface area contributed by atoms with Gasteiger partial charge >= 0.3 is 0 Å². The van der Waals surface area contributed by atoms with E-state index in [0.29, 0.717) is 0 Å². The molecule has 0 aromatic carbocycles. The molecular weight excluding hydrogens is 192 g/mol. The maximum atomic E-state index is 11.2. The Hall–Kier alpha value is -1.14. The van der Waals surface area contributed by atoms with E-state index in [-0.39, 0.29) is 24.7 Å². The summed E-state index contributed by atoms with van der Waals surface area (Å²) in [5.41, 5.74) is 0. The second-order valence-corrected chi connectivity index (χ2v) is 2.65. The summed E-state index contributed by atoms with van der Waals surface area (Å²) in [7, 11) is 5.77. The Morgan fingerprint density at radius 1 is 0.929 bits per heavy atom. The van der Waals surface area contributed by atoms with Crippen molar-refractivity contribution in [2.24, 2.45) is 0 Å².